The van der Waals surface area contributed by atoms with Crippen LogP contribution >= 0.6 is 0 Å². The smallest absolute Gasteiger partial charge is 0.190 e. The van der Waals surface area contributed by atoms with E-state index in [1.165, 1.54) is 22.3 Å². The summed E-state index contributed by atoms with van der Waals surface area (Å²) in [7, 11) is -1.60. The molecule has 0 heterocycles. The van der Waals surface area contributed by atoms with Crippen LogP contribution < -0.4 is 0 Å². The summed E-state index contributed by atoms with van der Waals surface area (Å²) in [4.78, 5) is 13.8. The number of carbonyl (C=O) groups is 1. The Balaban J connectivity index is 1.82. The molecule has 3 aliphatic carbocycles. The van der Waals surface area contributed by atoms with Crippen LogP contribution in [0, 0.1) is 11.5 Å². The minimum absolute atomic E-state index is 0.0360. The predicted molar refractivity (Wildman–Crippen MR) is 125 cm³/mol. The first-order chi connectivity index (χ1) is 14.5. The molecule has 0 saturated carbocycles. The Labute approximate surface area is 179 Å². The van der Waals surface area contributed by atoms with Gasteiger partial charge in [-0.2, -0.15) is 0 Å². The van der Waals surface area contributed by atoms with Crippen molar-refractivity contribution in [2.45, 2.75) is 31.5 Å². The number of rotatable bonds is 2. The van der Waals surface area contributed by atoms with Gasteiger partial charge in [0, 0.05) is 28.5 Å². The van der Waals surface area contributed by atoms with E-state index in [1.807, 2.05) is 30.3 Å². The topological polar surface area (TPSA) is 17.1 Å². The van der Waals surface area contributed by atoms with E-state index in [4.69, 9.17) is 0 Å². The number of allylic oxidation sites excluding steroid dienone is 2. The SMILES string of the molecule is C[Si](C)(C)C#CC1=C(C(=O)c2ccccc2)C2c3ccccc3C1c1ccccc12. The number of carbonyl (C=O) groups excluding carboxylic acids is 1. The van der Waals surface area contributed by atoms with Crippen molar-refractivity contribution in [3.05, 3.63) is 118 Å². The van der Waals surface area contributed by atoms with E-state index in [-0.39, 0.29) is 17.6 Å². The van der Waals surface area contributed by atoms with Crippen LogP contribution in [0.3, 0.4) is 0 Å². The van der Waals surface area contributed by atoms with Gasteiger partial charge in [-0.25, -0.2) is 0 Å². The molecule has 1 nitrogen and oxygen atoms in total. The first kappa shape index (κ1) is 18.8. The molecule has 6 rings (SSSR count). The summed E-state index contributed by atoms with van der Waals surface area (Å²) in [5, 5.41) is 0. The standard InChI is InChI=1S/C28H24OSi/c1-30(2,3)18-17-24-25-20-13-7-9-15-22(20)26(23-16-10-8-14-21(23)25)27(24)28(29)19-11-5-4-6-12-19/h4-16,25-26H,1-3H3. The quantitative estimate of drug-likeness (QED) is 0.277. The van der Waals surface area contributed by atoms with Gasteiger partial charge >= 0.3 is 0 Å². The third kappa shape index (κ3) is 2.98. The first-order valence-electron chi connectivity index (χ1n) is 10.5. The molecule has 0 spiro atoms. The largest absolute Gasteiger partial charge is 0.289 e. The van der Waals surface area contributed by atoms with Crippen LogP contribution in [0.4, 0.5) is 0 Å². The molecule has 0 radical (unpaired) electrons. The van der Waals surface area contributed by atoms with Gasteiger partial charge in [0.1, 0.15) is 8.07 Å². The molecule has 0 aliphatic heterocycles. The van der Waals surface area contributed by atoms with Crippen LogP contribution in [-0.2, 0) is 0 Å². The summed E-state index contributed by atoms with van der Waals surface area (Å²) in [6, 6.07) is 26.8. The Morgan fingerprint density at radius 3 is 1.67 bits per heavy atom. The van der Waals surface area contributed by atoms with Crippen molar-refractivity contribution in [1.82, 2.24) is 0 Å². The van der Waals surface area contributed by atoms with Gasteiger partial charge in [-0.15, -0.1) is 5.54 Å². The fraction of sp³-hybridized carbons (Fsp3) is 0.179. The number of hydrogen-bond donors (Lipinski definition) is 0. The second kappa shape index (κ2) is 6.97. The molecular weight excluding hydrogens is 380 g/mol. The minimum Gasteiger partial charge on any atom is -0.289 e. The fourth-order valence-corrected chi connectivity index (χ4v) is 5.24. The van der Waals surface area contributed by atoms with Crippen molar-refractivity contribution in [3.63, 3.8) is 0 Å². The number of hydrogen-bond acceptors (Lipinski definition) is 1. The van der Waals surface area contributed by atoms with Crippen molar-refractivity contribution >= 4 is 13.9 Å². The van der Waals surface area contributed by atoms with Crippen LogP contribution in [0.25, 0.3) is 0 Å². The Morgan fingerprint density at radius 2 is 1.17 bits per heavy atom. The van der Waals surface area contributed by atoms with Crippen molar-refractivity contribution in [2.75, 3.05) is 0 Å². The van der Waals surface area contributed by atoms with E-state index >= 15 is 0 Å². The van der Waals surface area contributed by atoms with Gasteiger partial charge < -0.3 is 0 Å². The molecule has 2 heteroatoms. The minimum atomic E-state index is -1.60. The maximum Gasteiger partial charge on any atom is 0.190 e. The lowest BCUT2D eigenvalue weighted by Gasteiger charge is -2.41. The zero-order valence-electron chi connectivity index (χ0n) is 17.6. The summed E-state index contributed by atoms with van der Waals surface area (Å²) < 4.78 is 0. The molecule has 0 N–H and O–H groups in total. The van der Waals surface area contributed by atoms with Gasteiger partial charge in [0.05, 0.1) is 0 Å². The molecular formula is C28H24OSi. The highest BCUT2D eigenvalue weighted by Gasteiger charge is 2.44. The normalized spacial score (nSPS) is 18.9. The zero-order chi connectivity index (χ0) is 20.9. The van der Waals surface area contributed by atoms with Crippen molar-refractivity contribution in [2.24, 2.45) is 0 Å². The predicted octanol–water partition coefficient (Wildman–Crippen LogP) is 6.34. The van der Waals surface area contributed by atoms with Crippen LogP contribution in [0.5, 0.6) is 0 Å². The van der Waals surface area contributed by atoms with E-state index in [9.17, 15) is 4.79 Å². The Bertz CT molecular complexity index is 1200. The zero-order valence-corrected chi connectivity index (χ0v) is 18.6. The number of ketones is 1. The highest BCUT2D eigenvalue weighted by molar-refractivity contribution is 6.83. The van der Waals surface area contributed by atoms with Gasteiger partial charge in [-0.05, 0) is 22.3 Å². The van der Waals surface area contributed by atoms with E-state index in [2.05, 4.69) is 79.6 Å². The van der Waals surface area contributed by atoms with E-state index in [0.29, 0.717) is 0 Å². The molecule has 0 atom stereocenters. The number of benzene rings is 3. The van der Waals surface area contributed by atoms with Crippen molar-refractivity contribution in [3.8, 4) is 11.5 Å². The third-order valence-corrected chi connectivity index (χ3v) is 6.83. The molecule has 3 aromatic carbocycles. The average Bonchev–Trinajstić information content (AvgIpc) is 2.77. The molecule has 30 heavy (non-hydrogen) atoms. The molecule has 3 aromatic rings. The summed E-state index contributed by atoms with van der Waals surface area (Å²) in [5.74, 6) is 3.63. The van der Waals surface area contributed by atoms with E-state index < -0.39 is 8.07 Å². The highest BCUT2D eigenvalue weighted by atomic mass is 28.3. The Hall–Kier alpha value is -3.15. The molecule has 0 aromatic heterocycles. The molecule has 0 unspecified atom stereocenters. The maximum absolute atomic E-state index is 13.8. The lowest BCUT2D eigenvalue weighted by atomic mass is 9.60. The monoisotopic (exact) mass is 404 g/mol. The van der Waals surface area contributed by atoms with Gasteiger partial charge in [-0.1, -0.05) is 104 Å². The third-order valence-electron chi connectivity index (χ3n) is 5.96. The summed E-state index contributed by atoms with van der Waals surface area (Å²) in [6.45, 7) is 6.76. The van der Waals surface area contributed by atoms with E-state index in [1.54, 1.807) is 0 Å². The molecule has 146 valence electrons. The highest BCUT2D eigenvalue weighted by Crippen LogP contribution is 2.55. The second-order valence-electron chi connectivity index (χ2n) is 9.15. The van der Waals surface area contributed by atoms with Crippen LogP contribution in [0.1, 0.15) is 44.4 Å². The molecule has 0 amide bonds. The van der Waals surface area contributed by atoms with Gasteiger partial charge in [0.15, 0.2) is 5.78 Å². The van der Waals surface area contributed by atoms with Crippen molar-refractivity contribution in [1.29, 1.82) is 0 Å². The van der Waals surface area contributed by atoms with Gasteiger partial charge in [-0.3, -0.25) is 4.79 Å². The first-order valence-corrected chi connectivity index (χ1v) is 14.0. The van der Waals surface area contributed by atoms with Crippen LogP contribution in [0.2, 0.25) is 19.6 Å². The fourth-order valence-electron chi connectivity index (χ4n) is 4.73. The van der Waals surface area contributed by atoms with Gasteiger partial charge in [0.25, 0.3) is 0 Å². The summed E-state index contributed by atoms with van der Waals surface area (Å²) in [6.07, 6.45) is 0. The molecule has 0 fully saturated rings. The lowest BCUT2D eigenvalue weighted by molar-refractivity contribution is 0.102. The van der Waals surface area contributed by atoms with E-state index in [0.717, 1.165) is 16.7 Å². The lowest BCUT2D eigenvalue weighted by Crippen LogP contribution is -2.31. The maximum atomic E-state index is 13.8. The average molecular weight is 405 g/mol. The summed E-state index contributed by atoms with van der Waals surface area (Å²) >= 11 is 0. The van der Waals surface area contributed by atoms with Crippen LogP contribution in [-0.4, -0.2) is 13.9 Å². The Morgan fingerprint density at radius 1 is 0.700 bits per heavy atom. The Kier molecular flexibility index (Phi) is 4.38. The van der Waals surface area contributed by atoms with Crippen molar-refractivity contribution < 1.29 is 4.79 Å². The van der Waals surface area contributed by atoms with Crippen LogP contribution in [0.15, 0.2) is 90.0 Å². The second-order valence-corrected chi connectivity index (χ2v) is 13.9. The summed E-state index contributed by atoms with van der Waals surface area (Å²) in [5.41, 5.74) is 11.3. The molecule has 3 aliphatic rings. The number of Topliss-reactive ketones (excluding diaryl/α,β-unsaturated/α-hetero) is 1. The molecule has 2 bridgehead atoms. The van der Waals surface area contributed by atoms with Gasteiger partial charge in [0.2, 0.25) is 0 Å². The molecule has 0 saturated heterocycles.